The zero-order chi connectivity index (χ0) is 11.3. The molecule has 15 heavy (non-hydrogen) atoms. The molecule has 0 unspecified atom stereocenters. The highest BCUT2D eigenvalue weighted by Gasteiger charge is 2.10. The maximum atomic E-state index is 11.0. The summed E-state index contributed by atoms with van der Waals surface area (Å²) in [5.74, 6) is 0. The molecule has 0 bridgehead atoms. The molecule has 1 heterocycles. The summed E-state index contributed by atoms with van der Waals surface area (Å²) in [6.07, 6.45) is 1.95. The summed E-state index contributed by atoms with van der Waals surface area (Å²) in [4.78, 5) is 1.04. The molecule has 6 heteroatoms. The van der Waals surface area contributed by atoms with Crippen LogP contribution >= 0.6 is 11.3 Å². The molecule has 3 N–H and O–H groups in total. The Hall–Kier alpha value is -0.430. The molecule has 1 aromatic heterocycles. The maximum absolute atomic E-state index is 11.0. The van der Waals surface area contributed by atoms with Crippen molar-refractivity contribution in [2.24, 2.45) is 5.14 Å². The zero-order valence-corrected chi connectivity index (χ0v) is 10.3. The monoisotopic (exact) mass is 248 g/mol. The van der Waals surface area contributed by atoms with Gasteiger partial charge in [0.05, 0.1) is 0 Å². The van der Waals surface area contributed by atoms with Crippen molar-refractivity contribution in [2.75, 3.05) is 13.1 Å². The van der Waals surface area contributed by atoms with E-state index in [9.17, 15) is 8.42 Å². The summed E-state index contributed by atoms with van der Waals surface area (Å²) in [7, 11) is -3.52. The van der Waals surface area contributed by atoms with Gasteiger partial charge in [-0.1, -0.05) is 6.92 Å². The van der Waals surface area contributed by atoms with Crippen molar-refractivity contribution < 1.29 is 8.42 Å². The third-order valence-electron chi connectivity index (χ3n) is 1.89. The van der Waals surface area contributed by atoms with E-state index in [1.165, 1.54) is 11.3 Å². The summed E-state index contributed by atoms with van der Waals surface area (Å²) in [5.41, 5.74) is 0. The molecule has 0 saturated carbocycles. The minimum absolute atomic E-state index is 0.244. The lowest BCUT2D eigenvalue weighted by molar-refractivity contribution is 0.600. The molecule has 1 aromatic rings. The number of nitrogens with two attached hydrogens (primary N) is 1. The van der Waals surface area contributed by atoms with Crippen LogP contribution < -0.4 is 10.5 Å². The van der Waals surface area contributed by atoms with Gasteiger partial charge in [0.15, 0.2) is 0 Å². The van der Waals surface area contributed by atoms with E-state index in [0.29, 0.717) is 0 Å². The Morgan fingerprint density at radius 1 is 1.40 bits per heavy atom. The van der Waals surface area contributed by atoms with E-state index in [-0.39, 0.29) is 4.21 Å². The van der Waals surface area contributed by atoms with Crippen LogP contribution in [-0.2, 0) is 16.4 Å². The van der Waals surface area contributed by atoms with Gasteiger partial charge in [-0.05, 0) is 38.1 Å². The topological polar surface area (TPSA) is 72.2 Å². The summed E-state index contributed by atoms with van der Waals surface area (Å²) in [5, 5.41) is 8.27. The van der Waals surface area contributed by atoms with Crippen molar-refractivity contribution in [3.63, 3.8) is 0 Å². The molecule has 0 saturated heterocycles. The predicted octanol–water partition coefficient (Wildman–Crippen LogP) is 0.938. The average Bonchev–Trinajstić information content (AvgIpc) is 2.60. The van der Waals surface area contributed by atoms with E-state index >= 15 is 0 Å². The first-order chi connectivity index (χ1) is 7.04. The third kappa shape index (κ3) is 4.29. The standard InChI is InChI=1S/C9H16N2O2S2/c1-2-6-11-7-5-8-3-4-9(14-8)15(10,12)13/h3-4,11H,2,5-7H2,1H3,(H2,10,12,13). The number of rotatable bonds is 6. The molecule has 1 rings (SSSR count). The third-order valence-corrected chi connectivity index (χ3v) is 4.48. The lowest BCUT2D eigenvalue weighted by Gasteiger charge is -1.99. The largest absolute Gasteiger partial charge is 0.316 e. The molecule has 0 fully saturated rings. The Kier molecular flexibility index (Phi) is 4.72. The van der Waals surface area contributed by atoms with E-state index in [1.54, 1.807) is 6.07 Å². The molecule has 0 aromatic carbocycles. The van der Waals surface area contributed by atoms with Crippen LogP contribution in [0.15, 0.2) is 16.3 Å². The van der Waals surface area contributed by atoms with E-state index < -0.39 is 10.0 Å². The molecule has 86 valence electrons. The first-order valence-electron chi connectivity index (χ1n) is 4.86. The first kappa shape index (κ1) is 12.6. The Bertz CT molecular complexity index is 398. The molecule has 0 spiro atoms. The summed E-state index contributed by atoms with van der Waals surface area (Å²) in [6, 6.07) is 3.38. The van der Waals surface area contributed by atoms with Crippen LogP contribution in [0.3, 0.4) is 0 Å². The summed E-state index contributed by atoms with van der Waals surface area (Å²) < 4.78 is 22.2. The molecule has 0 amide bonds. The molecular formula is C9H16N2O2S2. The van der Waals surface area contributed by atoms with Crippen molar-refractivity contribution in [1.29, 1.82) is 0 Å². The number of primary sulfonamides is 1. The predicted molar refractivity (Wildman–Crippen MR) is 62.6 cm³/mol. The molecule has 0 aliphatic carbocycles. The summed E-state index contributed by atoms with van der Waals surface area (Å²) in [6.45, 7) is 3.98. The fourth-order valence-electron chi connectivity index (χ4n) is 1.16. The van der Waals surface area contributed by atoms with Gasteiger partial charge in [0.2, 0.25) is 10.0 Å². The van der Waals surface area contributed by atoms with Gasteiger partial charge in [0.25, 0.3) is 0 Å². The van der Waals surface area contributed by atoms with Gasteiger partial charge in [0, 0.05) is 4.88 Å². The number of hydrogen-bond donors (Lipinski definition) is 2. The van der Waals surface area contributed by atoms with Crippen LogP contribution in [0.2, 0.25) is 0 Å². The van der Waals surface area contributed by atoms with Gasteiger partial charge in [-0.25, -0.2) is 13.6 Å². The van der Waals surface area contributed by atoms with Crippen LogP contribution in [0, 0.1) is 0 Å². The minimum atomic E-state index is -3.52. The second-order valence-electron chi connectivity index (χ2n) is 3.27. The SMILES string of the molecule is CCCNCCc1ccc(S(N)(=O)=O)s1. The van der Waals surface area contributed by atoms with Crippen LogP contribution in [0.5, 0.6) is 0 Å². The minimum Gasteiger partial charge on any atom is -0.316 e. The molecule has 0 radical (unpaired) electrons. The lowest BCUT2D eigenvalue weighted by atomic mass is 10.3. The Balaban J connectivity index is 2.47. The smallest absolute Gasteiger partial charge is 0.247 e. The van der Waals surface area contributed by atoms with Crippen LogP contribution in [-0.4, -0.2) is 21.5 Å². The van der Waals surface area contributed by atoms with Crippen LogP contribution in [0.25, 0.3) is 0 Å². The molecular weight excluding hydrogens is 232 g/mol. The number of hydrogen-bond acceptors (Lipinski definition) is 4. The van der Waals surface area contributed by atoms with E-state index in [1.807, 2.05) is 6.07 Å². The summed E-state index contributed by atoms with van der Waals surface area (Å²) >= 11 is 1.24. The quantitative estimate of drug-likeness (QED) is 0.736. The van der Waals surface area contributed by atoms with Crippen molar-refractivity contribution >= 4 is 21.4 Å². The van der Waals surface area contributed by atoms with E-state index in [2.05, 4.69) is 12.2 Å². The number of nitrogens with one attached hydrogen (secondary N) is 1. The highest BCUT2D eigenvalue weighted by Crippen LogP contribution is 2.20. The van der Waals surface area contributed by atoms with Gasteiger partial charge in [0.1, 0.15) is 4.21 Å². The van der Waals surface area contributed by atoms with E-state index in [4.69, 9.17) is 5.14 Å². The molecule has 0 aliphatic rings. The van der Waals surface area contributed by atoms with Gasteiger partial charge in [-0.15, -0.1) is 11.3 Å². The van der Waals surface area contributed by atoms with Gasteiger partial charge < -0.3 is 5.32 Å². The number of thiophene rings is 1. The van der Waals surface area contributed by atoms with Crippen molar-refractivity contribution in [3.8, 4) is 0 Å². The normalized spacial score (nSPS) is 11.9. The van der Waals surface area contributed by atoms with Gasteiger partial charge >= 0.3 is 0 Å². The first-order valence-corrected chi connectivity index (χ1v) is 7.22. The number of sulfonamides is 1. The fourth-order valence-corrected chi connectivity index (χ4v) is 2.94. The fraction of sp³-hybridized carbons (Fsp3) is 0.556. The highest BCUT2D eigenvalue weighted by molar-refractivity contribution is 7.91. The average molecular weight is 248 g/mol. The van der Waals surface area contributed by atoms with Crippen LogP contribution in [0.4, 0.5) is 0 Å². The highest BCUT2D eigenvalue weighted by atomic mass is 32.2. The molecule has 0 atom stereocenters. The Morgan fingerprint density at radius 3 is 2.67 bits per heavy atom. The Labute approximate surface area is 94.5 Å². The zero-order valence-electron chi connectivity index (χ0n) is 8.69. The molecule has 0 aliphatic heterocycles. The Morgan fingerprint density at radius 2 is 2.13 bits per heavy atom. The van der Waals surface area contributed by atoms with Gasteiger partial charge in [-0.2, -0.15) is 0 Å². The van der Waals surface area contributed by atoms with Crippen molar-refractivity contribution in [1.82, 2.24) is 5.32 Å². The maximum Gasteiger partial charge on any atom is 0.247 e. The lowest BCUT2D eigenvalue weighted by Crippen LogP contribution is -2.17. The van der Waals surface area contributed by atoms with E-state index in [0.717, 1.165) is 30.8 Å². The van der Waals surface area contributed by atoms with Crippen molar-refractivity contribution in [2.45, 2.75) is 24.0 Å². The van der Waals surface area contributed by atoms with Gasteiger partial charge in [-0.3, -0.25) is 0 Å². The molecule has 4 nitrogen and oxygen atoms in total. The second kappa shape index (κ2) is 5.60. The second-order valence-corrected chi connectivity index (χ2v) is 6.22. The van der Waals surface area contributed by atoms with Crippen molar-refractivity contribution in [3.05, 3.63) is 17.0 Å². The van der Waals surface area contributed by atoms with Crippen LogP contribution in [0.1, 0.15) is 18.2 Å².